The molecule has 0 radical (unpaired) electrons. The van der Waals surface area contributed by atoms with Crippen LogP contribution in [-0.4, -0.2) is 51.0 Å². The Kier molecular flexibility index (Phi) is 5.31. The third-order valence-corrected chi connectivity index (χ3v) is 4.49. The molecule has 0 amide bonds. The minimum atomic E-state index is -4.66. The number of rotatable bonds is 7. The Morgan fingerprint density at radius 1 is 1.27 bits per heavy atom. The summed E-state index contributed by atoms with van der Waals surface area (Å²) in [6, 6.07) is 7.29. The second-order valence-electron chi connectivity index (χ2n) is 6.42. The molecule has 0 bridgehead atoms. The maximum Gasteiger partial charge on any atom is 0.471 e. The zero-order valence-electron chi connectivity index (χ0n) is 14.6. The average molecular weight is 370 g/mol. The molecule has 0 spiro atoms. The lowest BCUT2D eigenvalue weighted by Crippen LogP contribution is -2.47. The van der Waals surface area contributed by atoms with E-state index in [-0.39, 0.29) is 5.82 Å². The molecule has 3 rings (SSSR count). The normalized spacial score (nSPS) is 16.5. The summed E-state index contributed by atoms with van der Waals surface area (Å²) >= 11 is 0. The van der Waals surface area contributed by atoms with Crippen LogP contribution in [0.3, 0.4) is 0 Å². The van der Waals surface area contributed by atoms with Gasteiger partial charge < -0.3 is 9.63 Å². The molecule has 1 unspecified atom stereocenters. The first kappa shape index (κ1) is 18.8. The minimum absolute atomic E-state index is 0.107. The van der Waals surface area contributed by atoms with Crippen molar-refractivity contribution in [1.29, 1.82) is 0 Å². The minimum Gasteiger partial charge on any atom is -0.365 e. The number of aromatic nitrogens is 2. The van der Waals surface area contributed by atoms with E-state index in [0.29, 0.717) is 24.7 Å². The molecule has 6 nitrogen and oxygen atoms in total. The molecule has 1 atom stereocenters. The Morgan fingerprint density at radius 2 is 1.92 bits per heavy atom. The summed E-state index contributed by atoms with van der Waals surface area (Å²) in [7, 11) is 1.91. The van der Waals surface area contributed by atoms with Crippen molar-refractivity contribution in [2.75, 3.05) is 13.6 Å². The highest BCUT2D eigenvalue weighted by molar-refractivity contribution is 5.54. The number of aliphatic hydroxyl groups excluding tert-OH is 1. The Hall–Kier alpha value is -1.97. The van der Waals surface area contributed by atoms with E-state index in [1.54, 1.807) is 24.3 Å². The smallest absolute Gasteiger partial charge is 0.365 e. The van der Waals surface area contributed by atoms with Crippen LogP contribution in [0, 0.1) is 0 Å². The lowest BCUT2D eigenvalue weighted by Gasteiger charge is -2.33. The van der Waals surface area contributed by atoms with Gasteiger partial charge in [0, 0.05) is 18.2 Å². The average Bonchev–Trinajstić information content (AvgIpc) is 3.33. The summed E-state index contributed by atoms with van der Waals surface area (Å²) in [5.41, 5.74) is 1.37. The third kappa shape index (κ3) is 4.22. The fraction of sp³-hybridized carbons (Fsp3) is 0.529. The van der Waals surface area contributed by atoms with Gasteiger partial charge in [-0.05, 0) is 32.0 Å². The molecule has 2 aromatic rings. The highest BCUT2D eigenvalue weighted by Gasteiger charge is 2.38. The number of alkyl halides is 3. The highest BCUT2D eigenvalue weighted by atomic mass is 19.4. The summed E-state index contributed by atoms with van der Waals surface area (Å²) in [6.45, 7) is 3.16. The zero-order valence-corrected chi connectivity index (χ0v) is 14.6. The molecule has 1 heterocycles. The van der Waals surface area contributed by atoms with E-state index in [9.17, 15) is 18.3 Å². The van der Waals surface area contributed by atoms with Crippen molar-refractivity contribution in [3.05, 3.63) is 35.7 Å². The second kappa shape index (κ2) is 7.34. The van der Waals surface area contributed by atoms with Crippen LogP contribution >= 0.6 is 0 Å². The first-order chi connectivity index (χ1) is 12.3. The van der Waals surface area contributed by atoms with Crippen molar-refractivity contribution in [3.8, 4) is 11.4 Å². The maximum atomic E-state index is 12.5. The number of benzene rings is 1. The molecule has 1 aromatic heterocycles. The van der Waals surface area contributed by atoms with Gasteiger partial charge in [0.05, 0.1) is 0 Å². The third-order valence-electron chi connectivity index (χ3n) is 4.49. The number of nitrogens with zero attached hydrogens (tertiary/aromatic N) is 4. The van der Waals surface area contributed by atoms with Crippen LogP contribution in [0.1, 0.15) is 31.2 Å². The van der Waals surface area contributed by atoms with E-state index in [4.69, 9.17) is 0 Å². The lowest BCUT2D eigenvalue weighted by atomic mass is 10.1. The Bertz CT molecular complexity index is 728. The van der Waals surface area contributed by atoms with Gasteiger partial charge in [-0.2, -0.15) is 18.2 Å². The van der Waals surface area contributed by atoms with Crippen LogP contribution in [-0.2, 0) is 12.7 Å². The molecule has 0 aliphatic heterocycles. The first-order valence-electron chi connectivity index (χ1n) is 8.44. The number of hydrogen-bond acceptors (Lipinski definition) is 6. The second-order valence-corrected chi connectivity index (χ2v) is 6.42. The molecule has 9 heteroatoms. The number of aliphatic hydroxyl groups is 1. The van der Waals surface area contributed by atoms with Gasteiger partial charge in [-0.15, -0.1) is 0 Å². The van der Waals surface area contributed by atoms with Crippen molar-refractivity contribution < 1.29 is 22.8 Å². The number of halogens is 3. The van der Waals surface area contributed by atoms with Crippen molar-refractivity contribution in [3.63, 3.8) is 0 Å². The molecule has 1 fully saturated rings. The van der Waals surface area contributed by atoms with Crippen molar-refractivity contribution >= 4 is 0 Å². The monoisotopic (exact) mass is 370 g/mol. The van der Waals surface area contributed by atoms with Crippen LogP contribution in [0.2, 0.25) is 0 Å². The van der Waals surface area contributed by atoms with Crippen molar-refractivity contribution in [2.24, 2.45) is 0 Å². The summed E-state index contributed by atoms with van der Waals surface area (Å²) in [5.74, 6) is -1.47. The maximum absolute atomic E-state index is 12.5. The predicted octanol–water partition coefficient (Wildman–Crippen LogP) is 2.95. The van der Waals surface area contributed by atoms with E-state index in [0.717, 1.165) is 18.4 Å². The fourth-order valence-electron chi connectivity index (χ4n) is 2.73. The van der Waals surface area contributed by atoms with E-state index < -0.39 is 18.4 Å². The summed E-state index contributed by atoms with van der Waals surface area (Å²) in [5, 5.41) is 13.8. The molecule has 1 aromatic carbocycles. The van der Waals surface area contributed by atoms with E-state index in [1.165, 1.54) is 0 Å². The van der Waals surface area contributed by atoms with Gasteiger partial charge in [-0.1, -0.05) is 36.3 Å². The van der Waals surface area contributed by atoms with Crippen LogP contribution < -0.4 is 0 Å². The Morgan fingerprint density at radius 3 is 2.42 bits per heavy atom. The number of hydrogen-bond donors (Lipinski definition) is 1. The first-order valence-corrected chi connectivity index (χ1v) is 8.44. The van der Waals surface area contributed by atoms with Gasteiger partial charge in [-0.3, -0.25) is 9.80 Å². The van der Waals surface area contributed by atoms with Gasteiger partial charge in [0.25, 0.3) is 0 Å². The molecule has 1 aliphatic carbocycles. The Balaban J connectivity index is 1.67. The zero-order chi connectivity index (χ0) is 18.9. The van der Waals surface area contributed by atoms with Crippen LogP contribution in [0.15, 0.2) is 28.8 Å². The van der Waals surface area contributed by atoms with Gasteiger partial charge in [0.2, 0.25) is 5.82 Å². The quantitative estimate of drug-likeness (QED) is 0.756. The SMILES string of the molecule is CCN(Cc1ccc(-c2noc(C(F)(F)F)n2)cc1)C(O)N(C)C1CC1. The summed E-state index contributed by atoms with van der Waals surface area (Å²) in [4.78, 5) is 7.25. The van der Waals surface area contributed by atoms with Gasteiger partial charge in [0.1, 0.15) is 0 Å². The van der Waals surface area contributed by atoms with Crippen molar-refractivity contribution in [1.82, 2.24) is 19.9 Å². The summed E-state index contributed by atoms with van der Waals surface area (Å²) < 4.78 is 41.9. The molecule has 1 N–H and O–H groups in total. The lowest BCUT2D eigenvalue weighted by molar-refractivity contribution is -0.159. The predicted molar refractivity (Wildman–Crippen MR) is 87.6 cm³/mol. The van der Waals surface area contributed by atoms with E-state index in [2.05, 4.69) is 14.7 Å². The topological polar surface area (TPSA) is 65.6 Å². The van der Waals surface area contributed by atoms with Gasteiger partial charge >= 0.3 is 12.1 Å². The van der Waals surface area contributed by atoms with E-state index >= 15 is 0 Å². The molecular formula is C17H21F3N4O2. The van der Waals surface area contributed by atoms with Crippen LogP contribution in [0.25, 0.3) is 11.4 Å². The van der Waals surface area contributed by atoms with Gasteiger partial charge in [0.15, 0.2) is 6.35 Å². The summed E-state index contributed by atoms with van der Waals surface area (Å²) in [6.07, 6.45) is -3.12. The Labute approximate surface area is 149 Å². The molecular weight excluding hydrogens is 349 g/mol. The largest absolute Gasteiger partial charge is 0.471 e. The van der Waals surface area contributed by atoms with Crippen LogP contribution in [0.5, 0.6) is 0 Å². The molecule has 1 saturated carbocycles. The van der Waals surface area contributed by atoms with E-state index in [1.807, 2.05) is 23.8 Å². The molecule has 142 valence electrons. The van der Waals surface area contributed by atoms with Crippen LogP contribution in [0.4, 0.5) is 13.2 Å². The fourth-order valence-corrected chi connectivity index (χ4v) is 2.73. The molecule has 1 aliphatic rings. The molecule has 26 heavy (non-hydrogen) atoms. The highest BCUT2D eigenvalue weighted by Crippen LogP contribution is 2.30. The van der Waals surface area contributed by atoms with Gasteiger partial charge in [-0.25, -0.2) is 0 Å². The molecule has 0 saturated heterocycles. The van der Waals surface area contributed by atoms with Crippen molar-refractivity contribution in [2.45, 2.75) is 44.9 Å². The standard InChI is InChI=1S/C17H21F3N4O2/c1-3-24(16(25)23(2)13-8-9-13)10-11-4-6-12(7-5-11)14-21-15(26-22-14)17(18,19)20/h4-7,13,16,25H,3,8-10H2,1-2H3.